The zero-order valence-corrected chi connectivity index (χ0v) is 27.5. The zero-order valence-electron chi connectivity index (χ0n) is 23.6. The largest absolute Gasteiger partial charge is 0.485 e. The number of hydrogen-bond acceptors (Lipinski definition) is 6. The molecule has 2 aromatic heterocycles. The number of halogens is 4. The van der Waals surface area contributed by atoms with Crippen LogP contribution in [0, 0.1) is 6.92 Å². The lowest BCUT2D eigenvalue weighted by atomic mass is 10.2. The molecule has 3 heterocycles. The number of nitrogens with one attached hydrogen (secondary N) is 1. The molecule has 5 rings (SSSR count). The van der Waals surface area contributed by atoms with Gasteiger partial charge in [0.2, 0.25) is 11.8 Å². The highest BCUT2D eigenvalue weighted by atomic mass is 79.9. The lowest BCUT2D eigenvalue weighted by Gasteiger charge is -2.21. The number of amides is 3. The van der Waals surface area contributed by atoms with Crippen LogP contribution >= 0.6 is 51.5 Å². The summed E-state index contributed by atoms with van der Waals surface area (Å²) in [6.07, 6.45) is 4.43. The van der Waals surface area contributed by atoms with E-state index in [9.17, 15) is 14.4 Å². The summed E-state index contributed by atoms with van der Waals surface area (Å²) in [7, 11) is 1.56. The molecule has 0 unspecified atom stereocenters. The number of nitrogens with zero attached hydrogens (tertiary/aromatic N) is 4. The van der Waals surface area contributed by atoms with Gasteiger partial charge in [-0.1, -0.05) is 35.3 Å². The van der Waals surface area contributed by atoms with Crippen molar-refractivity contribution in [3.63, 3.8) is 0 Å². The van der Waals surface area contributed by atoms with Gasteiger partial charge in [-0.3, -0.25) is 18.9 Å². The molecule has 0 saturated carbocycles. The quantitative estimate of drug-likeness (QED) is 0.199. The molecule has 1 aliphatic heterocycles. The number of likely N-dealkylation sites (N-methyl/N-ethyl adjacent to an activating group) is 1. The van der Waals surface area contributed by atoms with E-state index >= 15 is 0 Å². The van der Waals surface area contributed by atoms with Crippen molar-refractivity contribution in [1.82, 2.24) is 14.7 Å². The van der Waals surface area contributed by atoms with Gasteiger partial charge in [0.1, 0.15) is 17.8 Å². The van der Waals surface area contributed by atoms with Crippen LogP contribution in [0.4, 0.5) is 16.2 Å². The van der Waals surface area contributed by atoms with Crippen molar-refractivity contribution in [2.75, 3.05) is 36.5 Å². The predicted octanol–water partition coefficient (Wildman–Crippen LogP) is 6.46. The maximum atomic E-state index is 12.9. The van der Waals surface area contributed by atoms with E-state index in [1.807, 2.05) is 23.6 Å². The number of aryl methyl sites for hydroxylation is 1. The maximum Gasteiger partial charge on any atom is 0.414 e. The summed E-state index contributed by atoms with van der Waals surface area (Å²) in [6, 6.07) is 14.0. The van der Waals surface area contributed by atoms with E-state index in [4.69, 9.17) is 32.7 Å². The number of rotatable bonds is 9. The third-order valence-corrected chi connectivity index (χ3v) is 8.53. The number of anilines is 2. The number of imidazole rings is 1. The van der Waals surface area contributed by atoms with Crippen molar-refractivity contribution in [3.05, 3.63) is 92.3 Å². The summed E-state index contributed by atoms with van der Waals surface area (Å²) in [5, 5.41) is 3.23. The van der Waals surface area contributed by atoms with Crippen molar-refractivity contribution in [1.29, 1.82) is 0 Å². The molecule has 2 aromatic carbocycles. The number of ether oxygens (including phenoxy) is 2. The van der Waals surface area contributed by atoms with E-state index < -0.39 is 5.91 Å². The first-order valence-electron chi connectivity index (χ1n) is 13.1. The molecule has 14 heteroatoms. The van der Waals surface area contributed by atoms with Gasteiger partial charge < -0.3 is 19.7 Å². The third-order valence-electron chi connectivity index (χ3n) is 6.79. The van der Waals surface area contributed by atoms with E-state index in [1.54, 1.807) is 55.6 Å². The highest BCUT2D eigenvalue weighted by Gasteiger charge is 2.23. The summed E-state index contributed by atoms with van der Waals surface area (Å²) < 4.78 is 13.7. The number of hydrogen-bond donors (Lipinski definition) is 1. The Balaban J connectivity index is 0.00000442. The Hall–Kier alpha value is -3.77. The van der Waals surface area contributed by atoms with Crippen LogP contribution in [0.3, 0.4) is 0 Å². The Bertz CT molecular complexity index is 1750. The lowest BCUT2D eigenvalue weighted by molar-refractivity contribution is -0.122. The van der Waals surface area contributed by atoms with Crippen LogP contribution in [0.15, 0.2) is 65.4 Å². The summed E-state index contributed by atoms with van der Waals surface area (Å²) in [5.74, 6) is -0.288. The number of aromatic nitrogens is 2. The number of benzene rings is 2. The SMILES string of the molecule is Cc1nc2c(OCc3c(Cl)ccc(N(C)C(=O)CNC(=O)/C=C/c4ccc(N5CCOC5=O)cc4)c3Cl)cccn2c1Br.Cl. The van der Waals surface area contributed by atoms with E-state index in [1.165, 1.54) is 15.9 Å². The van der Waals surface area contributed by atoms with Crippen LogP contribution in [0.25, 0.3) is 11.7 Å². The molecule has 1 fully saturated rings. The van der Waals surface area contributed by atoms with Crippen LogP contribution < -0.4 is 19.9 Å². The Labute approximate surface area is 278 Å². The monoisotopic (exact) mass is 721 g/mol. The first-order chi connectivity index (χ1) is 20.6. The summed E-state index contributed by atoms with van der Waals surface area (Å²) in [6.45, 7) is 2.53. The van der Waals surface area contributed by atoms with Crippen molar-refractivity contribution in [2.45, 2.75) is 13.5 Å². The number of cyclic esters (lactones) is 1. The fourth-order valence-electron chi connectivity index (χ4n) is 4.41. The number of carbonyl (C=O) groups is 3. The molecule has 4 aromatic rings. The van der Waals surface area contributed by atoms with Gasteiger partial charge in [-0.15, -0.1) is 12.4 Å². The van der Waals surface area contributed by atoms with Crippen LogP contribution in [0.5, 0.6) is 5.75 Å². The van der Waals surface area contributed by atoms with Gasteiger partial charge in [0, 0.05) is 35.6 Å². The average Bonchev–Trinajstić information content (AvgIpc) is 3.56. The second-order valence-corrected chi connectivity index (χ2v) is 11.1. The second kappa shape index (κ2) is 14.3. The molecular weight excluding hydrogens is 697 g/mol. The Morgan fingerprint density at radius 2 is 1.93 bits per heavy atom. The molecule has 44 heavy (non-hydrogen) atoms. The van der Waals surface area contributed by atoms with Crippen molar-refractivity contribution >= 4 is 92.5 Å². The molecule has 230 valence electrons. The van der Waals surface area contributed by atoms with Gasteiger partial charge in [-0.05, 0) is 70.9 Å². The molecule has 1 N–H and O–H groups in total. The van der Waals surface area contributed by atoms with Gasteiger partial charge in [0.05, 0.1) is 29.5 Å². The normalized spacial score (nSPS) is 12.8. The van der Waals surface area contributed by atoms with Crippen molar-refractivity contribution in [2.24, 2.45) is 0 Å². The summed E-state index contributed by atoms with van der Waals surface area (Å²) >= 11 is 16.7. The summed E-state index contributed by atoms with van der Waals surface area (Å²) in [4.78, 5) is 44.5. The molecule has 0 bridgehead atoms. The van der Waals surface area contributed by atoms with Crippen LogP contribution in [-0.4, -0.2) is 54.0 Å². The van der Waals surface area contributed by atoms with Gasteiger partial charge in [-0.25, -0.2) is 9.78 Å². The Morgan fingerprint density at radius 3 is 2.64 bits per heavy atom. The topological polar surface area (TPSA) is 105 Å². The van der Waals surface area contributed by atoms with Crippen molar-refractivity contribution in [3.8, 4) is 5.75 Å². The zero-order chi connectivity index (χ0) is 30.7. The smallest absolute Gasteiger partial charge is 0.414 e. The first kappa shape index (κ1) is 33.1. The molecule has 0 radical (unpaired) electrons. The number of pyridine rings is 1. The van der Waals surface area contributed by atoms with E-state index in [-0.39, 0.29) is 42.6 Å². The molecular formula is C30H27BrCl3N5O5. The fraction of sp³-hybridized carbons (Fsp3) is 0.200. The highest BCUT2D eigenvalue weighted by molar-refractivity contribution is 9.10. The summed E-state index contributed by atoms with van der Waals surface area (Å²) in [5.41, 5.74) is 3.84. The fourth-order valence-corrected chi connectivity index (χ4v) is 5.39. The minimum Gasteiger partial charge on any atom is -0.485 e. The molecule has 10 nitrogen and oxygen atoms in total. The predicted molar refractivity (Wildman–Crippen MR) is 176 cm³/mol. The molecule has 0 aliphatic carbocycles. The van der Waals surface area contributed by atoms with Gasteiger partial charge in [0.15, 0.2) is 11.4 Å². The van der Waals surface area contributed by atoms with E-state index in [0.717, 1.165) is 15.9 Å². The van der Waals surface area contributed by atoms with E-state index in [0.29, 0.717) is 46.5 Å². The first-order valence-corrected chi connectivity index (χ1v) is 14.7. The molecule has 3 amide bonds. The van der Waals surface area contributed by atoms with Crippen LogP contribution in [-0.2, 0) is 20.9 Å². The average molecular weight is 724 g/mol. The molecule has 0 spiro atoms. The Kier molecular flexibility index (Phi) is 10.8. The number of fused-ring (bicyclic) bond motifs is 1. The lowest BCUT2D eigenvalue weighted by Crippen LogP contribution is -2.37. The van der Waals surface area contributed by atoms with Crippen molar-refractivity contribution < 1.29 is 23.9 Å². The number of carbonyl (C=O) groups excluding carboxylic acids is 3. The Morgan fingerprint density at radius 1 is 1.18 bits per heavy atom. The van der Waals surface area contributed by atoms with Crippen LogP contribution in [0.2, 0.25) is 10.0 Å². The van der Waals surface area contributed by atoms with E-state index in [2.05, 4.69) is 26.2 Å². The maximum absolute atomic E-state index is 12.9. The standard InChI is InChI=1S/C30H26BrCl2N5O5.ClH/c1-18-28(31)38-13-3-4-24(29(38)35-18)43-17-21-22(32)10-11-23(27(21)33)36(2)26(40)16-34-25(39)12-7-19-5-8-20(9-6-19)37-14-15-42-30(37)41;/h3-13H,14-17H2,1-2H3,(H,34,39);1H/b12-7+;. The van der Waals surface area contributed by atoms with Gasteiger partial charge >= 0.3 is 6.09 Å². The third kappa shape index (κ3) is 7.13. The molecule has 1 aliphatic rings. The molecule has 1 saturated heterocycles. The molecule has 0 atom stereocenters. The second-order valence-electron chi connectivity index (χ2n) is 9.56. The highest BCUT2D eigenvalue weighted by Crippen LogP contribution is 2.35. The van der Waals surface area contributed by atoms with Crippen LogP contribution in [0.1, 0.15) is 16.8 Å². The minimum absolute atomic E-state index is 0. The van der Waals surface area contributed by atoms with Gasteiger partial charge in [-0.2, -0.15) is 0 Å². The van der Waals surface area contributed by atoms with Gasteiger partial charge in [0.25, 0.3) is 0 Å². The minimum atomic E-state index is -0.444.